The van der Waals surface area contributed by atoms with E-state index >= 15 is 0 Å². The molecule has 0 saturated heterocycles. The van der Waals surface area contributed by atoms with Crippen molar-refractivity contribution in [1.82, 2.24) is 0 Å². The van der Waals surface area contributed by atoms with Gasteiger partial charge in [0.2, 0.25) is 0 Å². The lowest BCUT2D eigenvalue weighted by molar-refractivity contribution is -0.211. The van der Waals surface area contributed by atoms with Crippen LogP contribution in [0.3, 0.4) is 0 Å². The fourth-order valence-corrected chi connectivity index (χ4v) is 8.60. The molecule has 3 saturated carbocycles. The van der Waals surface area contributed by atoms with Crippen molar-refractivity contribution in [2.24, 2.45) is 46.3 Å². The van der Waals surface area contributed by atoms with Crippen LogP contribution in [0.25, 0.3) is 0 Å². The molecule has 4 heteroatoms. The van der Waals surface area contributed by atoms with Gasteiger partial charge in [-0.1, -0.05) is 66.0 Å². The van der Waals surface area contributed by atoms with Crippen molar-refractivity contribution in [1.29, 1.82) is 0 Å². The third kappa shape index (κ3) is 3.54. The summed E-state index contributed by atoms with van der Waals surface area (Å²) >= 11 is 0. The zero-order chi connectivity index (χ0) is 23.6. The fraction of sp³-hybridized carbons (Fsp3) is 0.929. The minimum absolute atomic E-state index is 0.0436. The number of hydrogen-bond donors (Lipinski definition) is 4. The molecule has 0 aliphatic heterocycles. The van der Waals surface area contributed by atoms with Crippen LogP contribution in [0.5, 0.6) is 0 Å². The van der Waals surface area contributed by atoms with Gasteiger partial charge in [0, 0.05) is 17.8 Å². The first-order chi connectivity index (χ1) is 14.8. The van der Waals surface area contributed by atoms with E-state index < -0.39 is 23.2 Å². The summed E-state index contributed by atoms with van der Waals surface area (Å²) in [6, 6.07) is 0. The summed E-state index contributed by atoms with van der Waals surface area (Å²) in [5.41, 5.74) is -0.488. The van der Waals surface area contributed by atoms with Gasteiger partial charge in [-0.2, -0.15) is 0 Å². The quantitative estimate of drug-likeness (QED) is 0.460. The molecular weight excluding hydrogens is 400 g/mol. The Bertz CT molecular complexity index is 733. The molecule has 0 bridgehead atoms. The largest absolute Gasteiger partial charge is 0.393 e. The summed E-state index contributed by atoms with van der Waals surface area (Å²) in [5, 5.41) is 44.3. The number of fused-ring (bicyclic) bond motifs is 5. The van der Waals surface area contributed by atoms with E-state index in [2.05, 4.69) is 41.5 Å². The molecule has 4 aliphatic rings. The first-order valence-electron chi connectivity index (χ1n) is 13.3. The SMILES string of the molecule is CC(C)[C@@H](C)CC[C@@H](C)[C@H]1C[C@H](O)[C@H]2C3=C[C@@H](O)[C@@]4(O)C[C@@H](O)CC[C@]4(C)[C@H]3CC[C@]12C. The topological polar surface area (TPSA) is 80.9 Å². The summed E-state index contributed by atoms with van der Waals surface area (Å²) < 4.78 is 0. The predicted molar refractivity (Wildman–Crippen MR) is 128 cm³/mol. The van der Waals surface area contributed by atoms with E-state index in [4.69, 9.17) is 0 Å². The summed E-state index contributed by atoms with van der Waals surface area (Å²) in [6.45, 7) is 13.9. The van der Waals surface area contributed by atoms with Crippen molar-refractivity contribution in [3.05, 3.63) is 11.6 Å². The van der Waals surface area contributed by atoms with Crippen molar-refractivity contribution < 1.29 is 20.4 Å². The lowest BCUT2D eigenvalue weighted by Gasteiger charge is -2.62. The van der Waals surface area contributed by atoms with Gasteiger partial charge in [-0.3, -0.25) is 0 Å². The average Bonchev–Trinajstić information content (AvgIpc) is 2.99. The van der Waals surface area contributed by atoms with E-state index in [1.165, 1.54) is 18.4 Å². The van der Waals surface area contributed by atoms with Gasteiger partial charge < -0.3 is 20.4 Å². The molecule has 4 rings (SSSR count). The second-order valence-corrected chi connectivity index (χ2v) is 13.1. The number of hydrogen-bond acceptors (Lipinski definition) is 4. The Labute approximate surface area is 195 Å². The second kappa shape index (κ2) is 8.36. The molecule has 0 heterocycles. The summed E-state index contributed by atoms with van der Waals surface area (Å²) in [7, 11) is 0. The van der Waals surface area contributed by atoms with Crippen LogP contribution in [0.4, 0.5) is 0 Å². The maximum atomic E-state index is 11.6. The summed E-state index contributed by atoms with van der Waals surface area (Å²) in [5.74, 6) is 2.73. The summed E-state index contributed by atoms with van der Waals surface area (Å²) in [6.07, 6.45) is 6.97. The molecule has 0 aromatic carbocycles. The smallest absolute Gasteiger partial charge is 0.102 e. The van der Waals surface area contributed by atoms with Gasteiger partial charge in [-0.05, 0) is 67.1 Å². The van der Waals surface area contributed by atoms with Gasteiger partial charge in [-0.15, -0.1) is 0 Å². The van der Waals surface area contributed by atoms with Crippen LogP contribution in [0.2, 0.25) is 0 Å². The molecule has 4 N–H and O–H groups in total. The number of aliphatic hydroxyl groups excluding tert-OH is 3. The molecule has 0 radical (unpaired) electrons. The standard InChI is InChI=1S/C28H48O4/c1-16(2)17(3)7-8-18(4)22-14-23(30)25-20-13-24(31)28(32)15-19(29)9-12-27(28,6)21(20)10-11-26(22,25)5/h13,16-19,21-25,29-32H,7-12,14-15H2,1-6H3/t17-,18+,19-,21-,22+,23-,24+,25+,26+,27+,28-/m0/s1. The Hall–Kier alpha value is -0.420. The zero-order valence-corrected chi connectivity index (χ0v) is 21.2. The molecule has 0 spiro atoms. The zero-order valence-electron chi connectivity index (χ0n) is 21.2. The average molecular weight is 449 g/mol. The highest BCUT2D eigenvalue weighted by molar-refractivity contribution is 5.34. The van der Waals surface area contributed by atoms with E-state index in [-0.39, 0.29) is 29.8 Å². The maximum Gasteiger partial charge on any atom is 0.102 e. The maximum absolute atomic E-state index is 11.6. The Morgan fingerprint density at radius 1 is 1.00 bits per heavy atom. The van der Waals surface area contributed by atoms with Crippen molar-refractivity contribution in [3.8, 4) is 0 Å². The minimum Gasteiger partial charge on any atom is -0.393 e. The van der Waals surface area contributed by atoms with Gasteiger partial charge >= 0.3 is 0 Å². The first-order valence-corrected chi connectivity index (χ1v) is 13.3. The lowest BCUT2D eigenvalue weighted by Crippen LogP contribution is -2.65. The Kier molecular flexibility index (Phi) is 6.45. The molecule has 0 unspecified atom stereocenters. The highest BCUT2D eigenvalue weighted by Gasteiger charge is 2.66. The molecule has 0 aromatic heterocycles. The van der Waals surface area contributed by atoms with Crippen molar-refractivity contribution in [3.63, 3.8) is 0 Å². The van der Waals surface area contributed by atoms with Crippen molar-refractivity contribution in [2.45, 2.75) is 117 Å². The molecule has 184 valence electrons. The Morgan fingerprint density at radius 3 is 2.34 bits per heavy atom. The van der Waals surface area contributed by atoms with Gasteiger partial charge in [0.1, 0.15) is 11.7 Å². The van der Waals surface area contributed by atoms with E-state index in [0.29, 0.717) is 24.2 Å². The molecule has 3 fully saturated rings. The van der Waals surface area contributed by atoms with Crippen LogP contribution in [0.15, 0.2) is 11.6 Å². The molecule has 11 atom stereocenters. The number of rotatable bonds is 5. The lowest BCUT2D eigenvalue weighted by atomic mass is 9.45. The third-order valence-electron chi connectivity index (χ3n) is 11.2. The normalized spacial score (nSPS) is 50.3. The van der Waals surface area contributed by atoms with Gasteiger partial charge in [-0.25, -0.2) is 0 Å². The van der Waals surface area contributed by atoms with Crippen LogP contribution in [0, 0.1) is 46.3 Å². The van der Waals surface area contributed by atoms with E-state index in [1.807, 2.05) is 6.08 Å². The van der Waals surface area contributed by atoms with Crippen molar-refractivity contribution in [2.75, 3.05) is 0 Å². The Balaban J connectivity index is 1.62. The van der Waals surface area contributed by atoms with Gasteiger partial charge in [0.15, 0.2) is 0 Å². The van der Waals surface area contributed by atoms with E-state index in [0.717, 1.165) is 31.6 Å². The van der Waals surface area contributed by atoms with Gasteiger partial charge in [0.05, 0.1) is 12.2 Å². The van der Waals surface area contributed by atoms with Crippen LogP contribution >= 0.6 is 0 Å². The van der Waals surface area contributed by atoms with Gasteiger partial charge in [0.25, 0.3) is 0 Å². The Morgan fingerprint density at radius 2 is 1.69 bits per heavy atom. The van der Waals surface area contributed by atoms with Crippen LogP contribution in [0.1, 0.15) is 92.9 Å². The van der Waals surface area contributed by atoms with Crippen molar-refractivity contribution >= 4 is 0 Å². The highest BCUT2D eigenvalue weighted by atomic mass is 16.3. The fourth-order valence-electron chi connectivity index (χ4n) is 8.60. The molecule has 32 heavy (non-hydrogen) atoms. The van der Waals surface area contributed by atoms with E-state index in [9.17, 15) is 20.4 Å². The molecule has 0 aromatic rings. The second-order valence-electron chi connectivity index (χ2n) is 13.1. The molecular formula is C28H48O4. The summed E-state index contributed by atoms with van der Waals surface area (Å²) in [4.78, 5) is 0. The molecule has 0 amide bonds. The minimum atomic E-state index is -1.28. The first kappa shape index (κ1) is 24.7. The van der Waals surface area contributed by atoms with Crippen LogP contribution in [-0.4, -0.2) is 44.3 Å². The van der Waals surface area contributed by atoms with Crippen LogP contribution in [-0.2, 0) is 0 Å². The molecule has 4 aliphatic carbocycles. The highest BCUT2D eigenvalue weighted by Crippen LogP contribution is 2.67. The molecule has 4 nitrogen and oxygen atoms in total. The van der Waals surface area contributed by atoms with Crippen LogP contribution < -0.4 is 0 Å². The van der Waals surface area contributed by atoms with E-state index in [1.54, 1.807) is 0 Å². The predicted octanol–water partition coefficient (Wildman–Crippen LogP) is 4.69. The number of aliphatic hydroxyl groups is 4. The third-order valence-corrected chi connectivity index (χ3v) is 11.2. The monoisotopic (exact) mass is 448 g/mol.